The van der Waals surface area contributed by atoms with E-state index in [1.807, 2.05) is 35.7 Å². The molecule has 1 aliphatic rings. The van der Waals surface area contributed by atoms with Crippen molar-refractivity contribution in [1.82, 2.24) is 14.5 Å². The Hall–Kier alpha value is -3.27. The van der Waals surface area contributed by atoms with Crippen molar-refractivity contribution in [2.24, 2.45) is 0 Å². The lowest BCUT2D eigenvalue weighted by atomic mass is 9.87. The van der Waals surface area contributed by atoms with Crippen LogP contribution in [0.15, 0.2) is 64.8 Å². The fraction of sp³-hybridized carbons (Fsp3) is 0.269. The van der Waals surface area contributed by atoms with Crippen molar-refractivity contribution in [3.05, 3.63) is 87.3 Å². The molecule has 0 unspecified atom stereocenters. The van der Waals surface area contributed by atoms with E-state index >= 15 is 0 Å². The number of benzene rings is 2. The number of fused-ring (bicyclic) bond motifs is 2. The van der Waals surface area contributed by atoms with Crippen LogP contribution in [0.5, 0.6) is 0 Å². The minimum Gasteiger partial charge on any atom is -0.292 e. The van der Waals surface area contributed by atoms with Gasteiger partial charge in [0.15, 0.2) is 0 Å². The molecule has 2 heterocycles. The summed E-state index contributed by atoms with van der Waals surface area (Å²) in [4.78, 5) is 21.4. The van der Waals surface area contributed by atoms with Gasteiger partial charge in [0.05, 0.1) is 18.0 Å². The highest BCUT2D eigenvalue weighted by Gasteiger charge is 2.25. The molecule has 5 nitrogen and oxygen atoms in total. The average molecular weight is 441 g/mol. The Kier molecular flexibility index (Phi) is 5.60. The molecule has 0 fully saturated rings. The zero-order chi connectivity index (χ0) is 22.1. The zero-order valence-electron chi connectivity index (χ0n) is 18.0. The van der Waals surface area contributed by atoms with Gasteiger partial charge in [-0.2, -0.15) is 5.26 Å². The number of nitrogens with zero attached hydrogens (tertiary/aromatic N) is 4. The summed E-state index contributed by atoms with van der Waals surface area (Å²) in [6.07, 6.45) is 3.34. The Morgan fingerprint density at radius 2 is 1.97 bits per heavy atom. The van der Waals surface area contributed by atoms with Crippen LogP contribution in [-0.2, 0) is 19.5 Å². The van der Waals surface area contributed by atoms with Gasteiger partial charge in [0.25, 0.3) is 5.56 Å². The third kappa shape index (κ3) is 3.64. The van der Waals surface area contributed by atoms with Crippen molar-refractivity contribution in [3.8, 4) is 17.2 Å². The number of hydrogen-bond donors (Lipinski definition) is 0. The topological polar surface area (TPSA) is 61.9 Å². The van der Waals surface area contributed by atoms with E-state index in [4.69, 9.17) is 4.98 Å². The molecular weight excluding hydrogens is 416 g/mol. The fourth-order valence-corrected chi connectivity index (χ4v) is 5.73. The second-order valence-corrected chi connectivity index (χ2v) is 9.15. The minimum atomic E-state index is -0.135. The molecule has 0 radical (unpaired) electrons. The molecule has 32 heavy (non-hydrogen) atoms. The molecule has 0 bridgehead atoms. The molecule has 0 saturated carbocycles. The second kappa shape index (κ2) is 8.70. The molecule has 160 valence electrons. The summed E-state index contributed by atoms with van der Waals surface area (Å²) in [5, 5.41) is 12.0. The van der Waals surface area contributed by atoms with Crippen LogP contribution in [0.25, 0.3) is 21.3 Å². The van der Waals surface area contributed by atoms with E-state index in [1.54, 1.807) is 4.57 Å². The molecule has 1 aliphatic carbocycles. The number of hydrogen-bond acceptors (Lipinski definition) is 5. The highest BCUT2D eigenvalue weighted by molar-refractivity contribution is 7.17. The standard InChI is InChI=1S/C26H24N4OS/c1-29(22-13-7-11-18-10-5-6-12-20(18)22)16-23-28-25-24(26(31)30(23)15-14-27)21(17-32-25)19-8-3-2-4-9-19/h2-6,8-10,12,17,22H,7,11,13,15-16H2,1H3/t22-/m1/s1. The third-order valence-corrected chi connectivity index (χ3v) is 7.22. The summed E-state index contributed by atoms with van der Waals surface area (Å²) < 4.78 is 1.55. The number of aromatic nitrogens is 2. The normalized spacial score (nSPS) is 15.6. The minimum absolute atomic E-state index is 0.00369. The van der Waals surface area contributed by atoms with Crippen molar-refractivity contribution in [2.45, 2.75) is 38.4 Å². The van der Waals surface area contributed by atoms with E-state index in [0.29, 0.717) is 17.8 Å². The molecule has 0 spiro atoms. The number of aryl methyl sites for hydroxylation is 1. The second-order valence-electron chi connectivity index (χ2n) is 8.29. The van der Waals surface area contributed by atoms with Crippen LogP contribution >= 0.6 is 11.3 Å². The lowest BCUT2D eigenvalue weighted by Crippen LogP contribution is -2.32. The molecule has 6 heteroatoms. The SMILES string of the molecule is CN(Cc1nc2scc(-c3ccccc3)c2c(=O)n1CC#N)[C@@H]1CCCc2ccccc21. The Bertz CT molecular complexity index is 1370. The predicted octanol–water partition coefficient (Wildman–Crippen LogP) is 5.16. The van der Waals surface area contributed by atoms with E-state index in [2.05, 4.69) is 42.3 Å². The first-order chi connectivity index (χ1) is 15.7. The van der Waals surface area contributed by atoms with Crippen molar-refractivity contribution in [3.63, 3.8) is 0 Å². The number of rotatable bonds is 5. The van der Waals surface area contributed by atoms with Gasteiger partial charge in [-0.1, -0.05) is 54.6 Å². The first kappa shape index (κ1) is 20.6. The molecule has 2 aromatic heterocycles. The smallest absolute Gasteiger partial charge is 0.263 e. The van der Waals surface area contributed by atoms with Crippen LogP contribution in [0.4, 0.5) is 0 Å². The van der Waals surface area contributed by atoms with Crippen molar-refractivity contribution in [2.75, 3.05) is 7.05 Å². The highest BCUT2D eigenvalue weighted by atomic mass is 32.1. The van der Waals surface area contributed by atoms with Crippen molar-refractivity contribution in [1.29, 1.82) is 5.26 Å². The zero-order valence-corrected chi connectivity index (χ0v) is 18.8. The fourth-order valence-electron chi connectivity index (χ4n) is 4.77. The summed E-state index contributed by atoms with van der Waals surface area (Å²) in [5.74, 6) is 0.649. The summed E-state index contributed by atoms with van der Waals surface area (Å²) in [5.41, 5.74) is 4.50. The van der Waals surface area contributed by atoms with Gasteiger partial charge in [0, 0.05) is 17.0 Å². The maximum Gasteiger partial charge on any atom is 0.263 e. The van der Waals surface area contributed by atoms with Gasteiger partial charge in [-0.05, 0) is 43.0 Å². The highest BCUT2D eigenvalue weighted by Crippen LogP contribution is 2.35. The molecule has 4 aromatic rings. The molecule has 0 saturated heterocycles. The van der Waals surface area contributed by atoms with Crippen molar-refractivity contribution < 1.29 is 0 Å². The van der Waals surface area contributed by atoms with Crippen LogP contribution in [0, 0.1) is 11.3 Å². The predicted molar refractivity (Wildman–Crippen MR) is 129 cm³/mol. The van der Waals surface area contributed by atoms with Gasteiger partial charge >= 0.3 is 0 Å². The quantitative estimate of drug-likeness (QED) is 0.430. The number of nitriles is 1. The van der Waals surface area contributed by atoms with E-state index in [9.17, 15) is 10.1 Å². The summed E-state index contributed by atoms with van der Waals surface area (Å²) in [6, 6.07) is 20.9. The Labute approximate surface area is 191 Å². The molecular formula is C26H24N4OS. The van der Waals surface area contributed by atoms with E-state index in [-0.39, 0.29) is 18.1 Å². The molecule has 0 amide bonds. The molecule has 2 aromatic carbocycles. The molecule has 0 aliphatic heterocycles. The number of thiophene rings is 1. The van der Waals surface area contributed by atoms with Crippen molar-refractivity contribution >= 4 is 21.6 Å². The van der Waals surface area contributed by atoms with Crippen LogP contribution in [0.1, 0.15) is 35.8 Å². The maximum atomic E-state index is 13.5. The summed E-state index contributed by atoms with van der Waals surface area (Å²) in [6.45, 7) is 0.515. The van der Waals surface area contributed by atoms with Crippen LogP contribution in [-0.4, -0.2) is 21.5 Å². The van der Waals surface area contributed by atoms with E-state index < -0.39 is 0 Å². The summed E-state index contributed by atoms with van der Waals surface area (Å²) in [7, 11) is 2.09. The van der Waals surface area contributed by atoms with Crippen LogP contribution in [0.2, 0.25) is 0 Å². The van der Waals surface area contributed by atoms with Crippen LogP contribution in [0.3, 0.4) is 0 Å². The Balaban J connectivity index is 1.56. The van der Waals surface area contributed by atoms with Gasteiger partial charge in [-0.3, -0.25) is 14.3 Å². The summed E-state index contributed by atoms with van der Waals surface area (Å²) >= 11 is 1.49. The largest absolute Gasteiger partial charge is 0.292 e. The Morgan fingerprint density at radius 3 is 2.78 bits per heavy atom. The molecule has 1 atom stereocenters. The molecule has 0 N–H and O–H groups in total. The van der Waals surface area contributed by atoms with Gasteiger partial charge in [-0.25, -0.2) is 4.98 Å². The van der Waals surface area contributed by atoms with Gasteiger partial charge in [0.2, 0.25) is 0 Å². The average Bonchev–Trinajstić information content (AvgIpc) is 3.26. The van der Waals surface area contributed by atoms with Crippen LogP contribution < -0.4 is 5.56 Å². The maximum absolute atomic E-state index is 13.5. The lowest BCUT2D eigenvalue weighted by Gasteiger charge is -2.33. The first-order valence-corrected chi connectivity index (χ1v) is 11.8. The third-order valence-electron chi connectivity index (χ3n) is 6.35. The monoisotopic (exact) mass is 440 g/mol. The van der Waals surface area contributed by atoms with Gasteiger partial charge in [0.1, 0.15) is 17.2 Å². The van der Waals surface area contributed by atoms with Gasteiger partial charge in [-0.15, -0.1) is 11.3 Å². The lowest BCUT2D eigenvalue weighted by molar-refractivity contribution is 0.205. The first-order valence-electron chi connectivity index (χ1n) is 10.9. The van der Waals surface area contributed by atoms with E-state index in [1.165, 1.54) is 22.5 Å². The van der Waals surface area contributed by atoms with E-state index in [0.717, 1.165) is 35.2 Å². The Morgan fingerprint density at radius 1 is 1.19 bits per heavy atom. The van der Waals surface area contributed by atoms with Gasteiger partial charge < -0.3 is 0 Å². The molecule has 5 rings (SSSR count).